The van der Waals surface area contributed by atoms with Crippen molar-refractivity contribution >= 4 is 11.8 Å². The average Bonchev–Trinajstić information content (AvgIpc) is 3.11. The Bertz CT molecular complexity index is 931. The summed E-state index contributed by atoms with van der Waals surface area (Å²) in [5.41, 5.74) is 1.78. The van der Waals surface area contributed by atoms with Gasteiger partial charge >= 0.3 is 0 Å². The lowest BCUT2D eigenvalue weighted by Gasteiger charge is -2.12. The largest absolute Gasteiger partial charge is 0.486 e. The van der Waals surface area contributed by atoms with E-state index < -0.39 is 0 Å². The van der Waals surface area contributed by atoms with Crippen molar-refractivity contribution in [2.75, 3.05) is 0 Å². The quantitative estimate of drug-likeness (QED) is 0.476. The first-order chi connectivity index (χ1) is 13.7. The smallest absolute Gasteiger partial charge is 0.191 e. The Kier molecular flexibility index (Phi) is 7.10. The summed E-state index contributed by atoms with van der Waals surface area (Å²) in [5, 5.41) is 18.7. The molecule has 28 heavy (non-hydrogen) atoms. The van der Waals surface area contributed by atoms with E-state index in [4.69, 9.17) is 10.00 Å². The number of thioether (sulfide) groups is 1. The summed E-state index contributed by atoms with van der Waals surface area (Å²) in [7, 11) is 0. The molecular formula is C22H24N4OS. The SMILES string of the molecule is CC(C)CCn1c(COc2ccccc2)nnc1SCc1cccc(C#N)c1. The molecule has 5 nitrogen and oxygen atoms in total. The molecule has 3 aromatic rings. The minimum absolute atomic E-state index is 0.388. The molecule has 0 saturated carbocycles. The number of rotatable bonds is 9. The number of para-hydroxylation sites is 1. The van der Waals surface area contributed by atoms with Gasteiger partial charge in [-0.25, -0.2) is 0 Å². The summed E-state index contributed by atoms with van der Waals surface area (Å²) in [6.45, 7) is 5.67. The maximum atomic E-state index is 9.07. The van der Waals surface area contributed by atoms with Crippen LogP contribution >= 0.6 is 11.8 Å². The summed E-state index contributed by atoms with van der Waals surface area (Å²) in [5.74, 6) is 2.99. The third-order valence-corrected chi connectivity index (χ3v) is 5.30. The Labute approximate surface area is 170 Å². The van der Waals surface area contributed by atoms with Crippen molar-refractivity contribution in [1.82, 2.24) is 14.8 Å². The molecule has 1 heterocycles. The van der Waals surface area contributed by atoms with Crippen LogP contribution in [0, 0.1) is 17.2 Å². The highest BCUT2D eigenvalue weighted by atomic mass is 32.2. The van der Waals surface area contributed by atoms with E-state index in [1.54, 1.807) is 11.8 Å². The Morgan fingerprint density at radius 1 is 1.11 bits per heavy atom. The number of nitrogens with zero attached hydrogens (tertiary/aromatic N) is 4. The molecule has 0 fully saturated rings. The molecule has 0 spiro atoms. The third kappa shape index (κ3) is 5.61. The second-order valence-electron chi connectivity index (χ2n) is 6.94. The third-order valence-electron chi connectivity index (χ3n) is 4.26. The van der Waals surface area contributed by atoms with Crippen LogP contribution in [0.2, 0.25) is 0 Å². The molecule has 6 heteroatoms. The Morgan fingerprint density at radius 2 is 1.93 bits per heavy atom. The molecule has 2 aromatic carbocycles. The van der Waals surface area contributed by atoms with E-state index in [2.05, 4.69) is 34.7 Å². The van der Waals surface area contributed by atoms with Gasteiger partial charge in [0.25, 0.3) is 0 Å². The maximum Gasteiger partial charge on any atom is 0.191 e. The van der Waals surface area contributed by atoms with Crippen molar-refractivity contribution in [3.8, 4) is 11.8 Å². The molecule has 0 N–H and O–H groups in total. The van der Waals surface area contributed by atoms with Crippen LogP contribution in [0.4, 0.5) is 0 Å². The van der Waals surface area contributed by atoms with Gasteiger partial charge in [0, 0.05) is 12.3 Å². The fourth-order valence-corrected chi connectivity index (χ4v) is 3.61. The summed E-state index contributed by atoms with van der Waals surface area (Å²) in [6, 6.07) is 19.6. The molecule has 1 aromatic heterocycles. The van der Waals surface area contributed by atoms with Gasteiger partial charge in [-0.2, -0.15) is 5.26 Å². The zero-order valence-corrected chi connectivity index (χ0v) is 17.0. The Morgan fingerprint density at radius 3 is 2.68 bits per heavy atom. The summed E-state index contributed by atoms with van der Waals surface area (Å²) in [6.07, 6.45) is 1.05. The zero-order chi connectivity index (χ0) is 19.8. The van der Waals surface area contributed by atoms with Gasteiger partial charge in [0.05, 0.1) is 11.6 Å². The number of hydrogen-bond donors (Lipinski definition) is 0. The van der Waals surface area contributed by atoms with E-state index in [9.17, 15) is 0 Å². The Hall–Kier alpha value is -2.78. The lowest BCUT2D eigenvalue weighted by atomic mass is 10.1. The standard InChI is InChI=1S/C22H24N4OS/c1-17(2)11-12-26-21(15-27-20-9-4-3-5-10-20)24-25-22(26)28-16-19-8-6-7-18(13-19)14-23/h3-10,13,17H,11-12,15-16H2,1-2H3. The van der Waals surface area contributed by atoms with Gasteiger partial charge in [-0.05, 0) is 42.2 Å². The van der Waals surface area contributed by atoms with E-state index in [1.165, 1.54) is 0 Å². The second-order valence-corrected chi connectivity index (χ2v) is 7.88. The fraction of sp³-hybridized carbons (Fsp3) is 0.318. The van der Waals surface area contributed by atoms with Crippen LogP contribution in [0.3, 0.4) is 0 Å². The molecule has 3 rings (SSSR count). The van der Waals surface area contributed by atoms with Gasteiger partial charge in [0.15, 0.2) is 11.0 Å². The van der Waals surface area contributed by atoms with Gasteiger partial charge in [-0.15, -0.1) is 10.2 Å². The van der Waals surface area contributed by atoms with Crippen LogP contribution in [0.15, 0.2) is 59.8 Å². The highest BCUT2D eigenvalue weighted by Crippen LogP contribution is 2.24. The average molecular weight is 393 g/mol. The minimum Gasteiger partial charge on any atom is -0.486 e. The minimum atomic E-state index is 0.388. The number of benzene rings is 2. The van der Waals surface area contributed by atoms with Crippen LogP contribution < -0.4 is 4.74 Å². The van der Waals surface area contributed by atoms with Crippen LogP contribution in [0.5, 0.6) is 5.75 Å². The lowest BCUT2D eigenvalue weighted by molar-refractivity contribution is 0.285. The van der Waals surface area contributed by atoms with Crippen molar-refractivity contribution in [3.63, 3.8) is 0 Å². The van der Waals surface area contributed by atoms with Gasteiger partial charge in [-0.3, -0.25) is 0 Å². The van der Waals surface area contributed by atoms with Crippen molar-refractivity contribution in [3.05, 3.63) is 71.5 Å². The van der Waals surface area contributed by atoms with Crippen LogP contribution in [0.25, 0.3) is 0 Å². The molecule has 0 radical (unpaired) electrons. The number of ether oxygens (including phenoxy) is 1. The highest BCUT2D eigenvalue weighted by molar-refractivity contribution is 7.98. The molecule has 0 atom stereocenters. The van der Waals surface area contributed by atoms with Crippen LogP contribution in [-0.2, 0) is 18.9 Å². The number of nitriles is 1. The Balaban J connectivity index is 1.72. The van der Waals surface area contributed by atoms with Gasteiger partial charge in [0.1, 0.15) is 12.4 Å². The zero-order valence-electron chi connectivity index (χ0n) is 16.2. The van der Waals surface area contributed by atoms with E-state index in [0.717, 1.165) is 41.0 Å². The summed E-state index contributed by atoms with van der Waals surface area (Å²) in [4.78, 5) is 0. The maximum absolute atomic E-state index is 9.07. The van der Waals surface area contributed by atoms with Crippen molar-refractivity contribution in [1.29, 1.82) is 5.26 Å². The molecule has 0 bridgehead atoms. The van der Waals surface area contributed by atoms with Crippen molar-refractivity contribution < 1.29 is 4.74 Å². The predicted molar refractivity (Wildman–Crippen MR) is 111 cm³/mol. The molecule has 0 unspecified atom stereocenters. The number of aromatic nitrogens is 3. The molecular weight excluding hydrogens is 368 g/mol. The van der Waals surface area contributed by atoms with E-state index in [0.29, 0.717) is 18.1 Å². The highest BCUT2D eigenvalue weighted by Gasteiger charge is 2.14. The first-order valence-electron chi connectivity index (χ1n) is 9.37. The fourth-order valence-electron chi connectivity index (χ4n) is 2.69. The van der Waals surface area contributed by atoms with Crippen molar-refractivity contribution in [2.24, 2.45) is 5.92 Å². The second kappa shape index (κ2) is 9.95. The van der Waals surface area contributed by atoms with E-state index >= 15 is 0 Å². The van der Waals surface area contributed by atoms with Crippen LogP contribution in [-0.4, -0.2) is 14.8 Å². The molecule has 0 aliphatic rings. The summed E-state index contributed by atoms with van der Waals surface area (Å²) >= 11 is 1.64. The van der Waals surface area contributed by atoms with E-state index in [-0.39, 0.29) is 0 Å². The summed E-state index contributed by atoms with van der Waals surface area (Å²) < 4.78 is 8.03. The molecule has 0 aliphatic carbocycles. The van der Waals surface area contributed by atoms with E-state index in [1.807, 2.05) is 54.6 Å². The molecule has 0 saturated heterocycles. The van der Waals surface area contributed by atoms with Gasteiger partial charge in [0.2, 0.25) is 0 Å². The number of hydrogen-bond acceptors (Lipinski definition) is 5. The normalized spacial score (nSPS) is 10.8. The monoisotopic (exact) mass is 392 g/mol. The molecule has 0 aliphatic heterocycles. The van der Waals surface area contributed by atoms with Gasteiger partial charge in [-0.1, -0.05) is 55.9 Å². The predicted octanol–water partition coefficient (Wildman–Crippen LogP) is 5.07. The topological polar surface area (TPSA) is 63.7 Å². The first kappa shape index (κ1) is 20.0. The lowest BCUT2D eigenvalue weighted by Crippen LogP contribution is -2.10. The first-order valence-corrected chi connectivity index (χ1v) is 10.4. The van der Waals surface area contributed by atoms with Gasteiger partial charge < -0.3 is 9.30 Å². The van der Waals surface area contributed by atoms with Crippen molar-refractivity contribution in [2.45, 2.75) is 44.3 Å². The molecule has 0 amide bonds. The van der Waals surface area contributed by atoms with Crippen LogP contribution in [0.1, 0.15) is 37.2 Å². The molecule has 144 valence electrons.